The number of likely N-dealkylation sites (N-methyl/N-ethyl adjacent to an activating group) is 1. The summed E-state index contributed by atoms with van der Waals surface area (Å²) in [6.45, 7) is -0.164. The van der Waals surface area contributed by atoms with Crippen LogP contribution >= 0.6 is 0 Å². The van der Waals surface area contributed by atoms with Gasteiger partial charge in [0.05, 0.1) is 6.54 Å². The molecule has 4 nitrogen and oxygen atoms in total. The van der Waals surface area contributed by atoms with Gasteiger partial charge in [0.25, 0.3) is 0 Å². The molecule has 1 aliphatic carbocycles. The third kappa shape index (κ3) is 7.05. The first-order valence-electron chi connectivity index (χ1n) is 6.28. The van der Waals surface area contributed by atoms with Crippen molar-refractivity contribution in [3.05, 3.63) is 12.2 Å². The van der Waals surface area contributed by atoms with Gasteiger partial charge in [-0.05, 0) is 19.9 Å². The Morgan fingerprint density at radius 1 is 1.37 bits per heavy atom. The van der Waals surface area contributed by atoms with E-state index in [-0.39, 0.29) is 0 Å². The van der Waals surface area contributed by atoms with Crippen molar-refractivity contribution in [2.24, 2.45) is 4.99 Å². The minimum Gasteiger partial charge on any atom is -0.355 e. The molecule has 0 unspecified atom stereocenters. The quantitative estimate of drug-likeness (QED) is 0.453. The van der Waals surface area contributed by atoms with Crippen LogP contribution in [0.3, 0.4) is 0 Å². The van der Waals surface area contributed by atoms with E-state index >= 15 is 0 Å². The van der Waals surface area contributed by atoms with Gasteiger partial charge in [-0.2, -0.15) is 13.2 Å². The lowest BCUT2D eigenvalue weighted by atomic mass is 10.2. The van der Waals surface area contributed by atoms with Gasteiger partial charge < -0.3 is 10.6 Å². The molecule has 110 valence electrons. The second-order valence-corrected chi connectivity index (χ2v) is 4.64. The highest BCUT2D eigenvalue weighted by atomic mass is 19.4. The number of nitrogens with zero attached hydrogens (tertiary/aromatic N) is 2. The molecule has 0 spiro atoms. The highest BCUT2D eigenvalue weighted by molar-refractivity contribution is 5.80. The zero-order valence-corrected chi connectivity index (χ0v) is 11.3. The fraction of sp³-hybridized carbons (Fsp3) is 0.750. The monoisotopic (exact) mass is 278 g/mol. The van der Waals surface area contributed by atoms with E-state index in [1.165, 1.54) is 11.9 Å². The average Bonchev–Trinajstić information content (AvgIpc) is 2.78. The molecule has 0 radical (unpaired) electrons. The summed E-state index contributed by atoms with van der Waals surface area (Å²) in [6, 6.07) is 0.333. The lowest BCUT2D eigenvalue weighted by Crippen LogP contribution is -2.45. The first-order valence-corrected chi connectivity index (χ1v) is 6.28. The van der Waals surface area contributed by atoms with Gasteiger partial charge in [0.15, 0.2) is 5.96 Å². The van der Waals surface area contributed by atoms with Gasteiger partial charge in [-0.25, -0.2) is 0 Å². The molecule has 0 atom stereocenters. The smallest absolute Gasteiger partial charge is 0.355 e. The molecule has 0 saturated carbocycles. The largest absolute Gasteiger partial charge is 0.401 e. The van der Waals surface area contributed by atoms with Gasteiger partial charge in [0.2, 0.25) is 0 Å². The number of hydrogen-bond donors (Lipinski definition) is 2. The highest BCUT2D eigenvalue weighted by Gasteiger charge is 2.28. The van der Waals surface area contributed by atoms with Crippen molar-refractivity contribution < 1.29 is 13.2 Å². The topological polar surface area (TPSA) is 39.7 Å². The van der Waals surface area contributed by atoms with Crippen LogP contribution in [0.15, 0.2) is 17.1 Å². The van der Waals surface area contributed by atoms with Crippen molar-refractivity contribution >= 4 is 5.96 Å². The van der Waals surface area contributed by atoms with Crippen LogP contribution < -0.4 is 10.6 Å². The molecular formula is C12H21F3N4. The van der Waals surface area contributed by atoms with Gasteiger partial charge in [0.1, 0.15) is 0 Å². The average molecular weight is 278 g/mol. The molecule has 0 fully saturated rings. The standard InChI is InChI=1S/C12H21F3N4/c1-16-11(18-10-5-3-4-6-10)17-7-8-19(2)9-12(13,14)15/h3-4,10H,5-9H2,1-2H3,(H2,16,17,18). The molecule has 0 aromatic carbocycles. The molecule has 19 heavy (non-hydrogen) atoms. The third-order valence-electron chi connectivity index (χ3n) is 2.81. The van der Waals surface area contributed by atoms with E-state index < -0.39 is 12.7 Å². The third-order valence-corrected chi connectivity index (χ3v) is 2.81. The molecule has 0 bridgehead atoms. The zero-order chi connectivity index (χ0) is 14.3. The molecule has 1 rings (SSSR count). The molecule has 0 heterocycles. The number of hydrogen-bond acceptors (Lipinski definition) is 2. The van der Waals surface area contributed by atoms with Crippen molar-refractivity contribution in [3.63, 3.8) is 0 Å². The predicted octanol–water partition coefficient (Wildman–Crippen LogP) is 1.36. The van der Waals surface area contributed by atoms with Gasteiger partial charge in [-0.1, -0.05) is 12.2 Å². The van der Waals surface area contributed by atoms with Crippen molar-refractivity contribution in [3.8, 4) is 0 Å². The summed E-state index contributed by atoms with van der Waals surface area (Å²) in [4.78, 5) is 5.28. The van der Waals surface area contributed by atoms with Gasteiger partial charge in [-0.3, -0.25) is 9.89 Å². The lowest BCUT2D eigenvalue weighted by Gasteiger charge is -2.20. The summed E-state index contributed by atoms with van der Waals surface area (Å²) >= 11 is 0. The van der Waals surface area contributed by atoms with Gasteiger partial charge in [0, 0.05) is 26.2 Å². The Morgan fingerprint density at radius 3 is 2.53 bits per heavy atom. The maximum absolute atomic E-state index is 12.1. The second-order valence-electron chi connectivity index (χ2n) is 4.64. The van der Waals surface area contributed by atoms with Crippen molar-refractivity contribution in [2.45, 2.75) is 25.1 Å². The van der Waals surface area contributed by atoms with Crippen LogP contribution in [0, 0.1) is 0 Å². The summed E-state index contributed by atoms with van der Waals surface area (Å²) in [7, 11) is 3.10. The van der Waals surface area contributed by atoms with Crippen LogP contribution in [0.1, 0.15) is 12.8 Å². The Balaban J connectivity index is 2.19. The van der Waals surface area contributed by atoms with E-state index in [1.807, 2.05) is 0 Å². The van der Waals surface area contributed by atoms with Crippen molar-refractivity contribution in [1.82, 2.24) is 15.5 Å². The number of nitrogens with one attached hydrogen (secondary N) is 2. The lowest BCUT2D eigenvalue weighted by molar-refractivity contribution is -0.142. The van der Waals surface area contributed by atoms with Crippen LogP contribution in [0.4, 0.5) is 13.2 Å². The Morgan fingerprint density at radius 2 is 2.00 bits per heavy atom. The normalized spacial score (nSPS) is 17.3. The highest BCUT2D eigenvalue weighted by Crippen LogP contribution is 2.15. The first kappa shape index (κ1) is 15.8. The number of aliphatic imine (C=N–C) groups is 1. The van der Waals surface area contributed by atoms with Crippen molar-refractivity contribution in [1.29, 1.82) is 0 Å². The molecule has 0 saturated heterocycles. The van der Waals surface area contributed by atoms with Gasteiger partial charge >= 0.3 is 6.18 Å². The van der Waals surface area contributed by atoms with Crippen LogP contribution in [-0.4, -0.2) is 56.8 Å². The van der Waals surface area contributed by atoms with E-state index in [1.54, 1.807) is 7.05 Å². The molecule has 0 amide bonds. The fourth-order valence-electron chi connectivity index (χ4n) is 1.87. The summed E-state index contributed by atoms with van der Waals surface area (Å²) in [5, 5.41) is 6.24. The number of guanidine groups is 1. The van der Waals surface area contributed by atoms with Crippen LogP contribution in [0.2, 0.25) is 0 Å². The van der Waals surface area contributed by atoms with E-state index in [2.05, 4.69) is 27.8 Å². The molecular weight excluding hydrogens is 257 g/mol. The maximum atomic E-state index is 12.1. The van der Waals surface area contributed by atoms with Crippen LogP contribution in [0.25, 0.3) is 0 Å². The summed E-state index contributed by atoms with van der Waals surface area (Å²) in [5.74, 6) is 0.633. The molecule has 7 heteroatoms. The van der Waals surface area contributed by atoms with E-state index in [9.17, 15) is 13.2 Å². The van der Waals surface area contributed by atoms with E-state index in [0.717, 1.165) is 12.8 Å². The maximum Gasteiger partial charge on any atom is 0.401 e. The van der Waals surface area contributed by atoms with Crippen molar-refractivity contribution in [2.75, 3.05) is 33.7 Å². The Bertz CT molecular complexity index is 317. The summed E-state index contributed by atoms with van der Waals surface area (Å²) < 4.78 is 36.4. The van der Waals surface area contributed by atoms with Gasteiger partial charge in [-0.15, -0.1) is 0 Å². The van der Waals surface area contributed by atoms with E-state index in [0.29, 0.717) is 25.1 Å². The summed E-state index contributed by atoms with van der Waals surface area (Å²) in [5.41, 5.74) is 0. The number of halogens is 3. The fourth-order valence-corrected chi connectivity index (χ4v) is 1.87. The van der Waals surface area contributed by atoms with E-state index in [4.69, 9.17) is 0 Å². The number of alkyl halides is 3. The first-order chi connectivity index (χ1) is 8.90. The minimum absolute atomic E-state index is 0.309. The SMILES string of the molecule is CN=C(NCCN(C)CC(F)(F)F)NC1CC=CC1. The molecule has 0 aromatic heterocycles. The van der Waals surface area contributed by atoms with Crippen LogP contribution in [-0.2, 0) is 0 Å². The second kappa shape index (κ2) is 7.37. The predicted molar refractivity (Wildman–Crippen MR) is 70.2 cm³/mol. The molecule has 0 aromatic rings. The summed E-state index contributed by atoms with van der Waals surface area (Å²) in [6.07, 6.45) is 1.96. The number of rotatable bonds is 5. The zero-order valence-electron chi connectivity index (χ0n) is 11.3. The Labute approximate surface area is 111 Å². The molecule has 0 aliphatic heterocycles. The minimum atomic E-state index is -4.15. The molecule has 1 aliphatic rings. The molecule has 2 N–H and O–H groups in total. The Kier molecular flexibility index (Phi) is 6.14. The Hall–Kier alpha value is -1.24. The van der Waals surface area contributed by atoms with Crippen LogP contribution in [0.5, 0.6) is 0 Å².